The summed E-state index contributed by atoms with van der Waals surface area (Å²) in [4.78, 5) is 41.3. The van der Waals surface area contributed by atoms with Gasteiger partial charge in [-0.05, 0) is 30.3 Å². The van der Waals surface area contributed by atoms with Gasteiger partial charge >= 0.3 is 0 Å². The smallest absolute Gasteiger partial charge is 0.254 e. The van der Waals surface area contributed by atoms with E-state index in [2.05, 4.69) is 0 Å². The summed E-state index contributed by atoms with van der Waals surface area (Å²) in [5.74, 6) is -1.39. The Kier molecular flexibility index (Phi) is 5.27. The van der Waals surface area contributed by atoms with Crippen molar-refractivity contribution >= 4 is 11.7 Å². The van der Waals surface area contributed by atoms with Gasteiger partial charge in [-0.1, -0.05) is 6.07 Å². The molecule has 26 heavy (non-hydrogen) atoms. The first-order valence-electron chi connectivity index (χ1n) is 8.54. The lowest BCUT2D eigenvalue weighted by Gasteiger charge is -2.32. The van der Waals surface area contributed by atoms with Gasteiger partial charge in [0.05, 0.1) is 33.2 Å². The van der Waals surface area contributed by atoms with Crippen LogP contribution in [0.25, 0.3) is 0 Å². The molecule has 1 aliphatic rings. The second kappa shape index (κ2) is 7.61. The zero-order chi connectivity index (χ0) is 18.7. The van der Waals surface area contributed by atoms with E-state index < -0.39 is 29.1 Å². The minimum Gasteiger partial charge on any atom is -0.334 e. The Balaban J connectivity index is 1.98. The van der Waals surface area contributed by atoms with E-state index in [1.807, 2.05) is 7.05 Å². The molecular weight excluding hydrogens is 337 g/mol. The average Bonchev–Trinajstić information content (AvgIpc) is 2.64. The fourth-order valence-electron chi connectivity index (χ4n) is 3.06. The van der Waals surface area contributed by atoms with Crippen molar-refractivity contribution in [3.63, 3.8) is 0 Å². The van der Waals surface area contributed by atoms with Crippen molar-refractivity contribution in [2.75, 3.05) is 33.2 Å². The van der Waals surface area contributed by atoms with E-state index in [1.54, 1.807) is 17.0 Å². The fraction of sp³-hybridized carbons (Fsp3) is 0.316. The molecule has 1 amide bonds. The molecule has 136 valence electrons. The summed E-state index contributed by atoms with van der Waals surface area (Å²) in [5.41, 5.74) is -0.235. The maximum Gasteiger partial charge on any atom is 0.254 e. The first kappa shape index (κ1) is 18.0. The number of hydrogen-bond donors (Lipinski definition) is 1. The molecule has 1 N–H and O–H groups in total. The van der Waals surface area contributed by atoms with Crippen molar-refractivity contribution in [1.29, 1.82) is 0 Å². The lowest BCUT2D eigenvalue weighted by molar-refractivity contribution is -0.883. The first-order chi connectivity index (χ1) is 12.5. The zero-order valence-electron chi connectivity index (χ0n) is 14.5. The Morgan fingerprint density at radius 1 is 1.08 bits per heavy atom. The van der Waals surface area contributed by atoms with Gasteiger partial charge in [-0.2, -0.15) is 0 Å². The molecule has 1 atom stereocenters. The van der Waals surface area contributed by atoms with Gasteiger partial charge in [-0.3, -0.25) is 19.0 Å². The molecule has 6 nitrogen and oxygen atoms in total. The van der Waals surface area contributed by atoms with Crippen LogP contribution in [0.5, 0.6) is 0 Å². The third kappa shape index (κ3) is 3.72. The van der Waals surface area contributed by atoms with Gasteiger partial charge in [0, 0.05) is 17.8 Å². The van der Waals surface area contributed by atoms with Crippen LogP contribution in [0.2, 0.25) is 0 Å². The molecule has 1 aromatic heterocycles. The largest absolute Gasteiger partial charge is 0.334 e. The molecule has 1 saturated heterocycles. The summed E-state index contributed by atoms with van der Waals surface area (Å²) in [6, 6.07) is 8.19. The Labute approximate surface area is 150 Å². The Hall–Kier alpha value is -2.80. The second-order valence-electron chi connectivity index (χ2n) is 6.50. The summed E-state index contributed by atoms with van der Waals surface area (Å²) in [6.07, 6.45) is 1.44. The molecule has 0 bridgehead atoms. The number of Topliss-reactive ketones (excluding diaryl/α,β-unsaturated/α-hetero) is 1. The van der Waals surface area contributed by atoms with Crippen LogP contribution in [0.3, 0.4) is 0 Å². The highest BCUT2D eigenvalue weighted by molar-refractivity contribution is 6.11. The van der Waals surface area contributed by atoms with Gasteiger partial charge in [0.1, 0.15) is 5.82 Å². The number of quaternary nitrogens is 1. The quantitative estimate of drug-likeness (QED) is 0.607. The molecule has 0 aliphatic carbocycles. The number of carbonyl (C=O) groups excluding carboxylic acids is 2. The summed E-state index contributed by atoms with van der Waals surface area (Å²) in [7, 11) is 2.05. The minimum atomic E-state index is -1.28. The van der Waals surface area contributed by atoms with Crippen LogP contribution in [0.4, 0.5) is 4.39 Å². The molecule has 2 aromatic rings. The molecular formula is C19H21FN3O3+. The van der Waals surface area contributed by atoms with Crippen molar-refractivity contribution in [1.82, 2.24) is 9.47 Å². The monoisotopic (exact) mass is 358 g/mol. The number of nitrogens with zero attached hydrogens (tertiary/aromatic N) is 2. The number of piperazine rings is 1. The van der Waals surface area contributed by atoms with E-state index in [-0.39, 0.29) is 5.56 Å². The third-order valence-electron chi connectivity index (χ3n) is 4.67. The highest BCUT2D eigenvalue weighted by Crippen LogP contribution is 2.17. The van der Waals surface area contributed by atoms with E-state index in [1.165, 1.54) is 41.4 Å². The molecule has 3 rings (SSSR count). The Morgan fingerprint density at radius 2 is 1.73 bits per heavy atom. The van der Waals surface area contributed by atoms with Crippen LogP contribution in [-0.2, 0) is 4.79 Å². The van der Waals surface area contributed by atoms with Crippen molar-refractivity contribution < 1.29 is 18.9 Å². The summed E-state index contributed by atoms with van der Waals surface area (Å²) in [6.45, 7) is 2.62. The average molecular weight is 358 g/mol. The number of amides is 1. The Bertz CT molecular complexity index is 855. The molecule has 1 fully saturated rings. The molecule has 1 aromatic carbocycles. The van der Waals surface area contributed by atoms with Crippen molar-refractivity contribution in [2.24, 2.45) is 0 Å². The van der Waals surface area contributed by atoms with Crippen molar-refractivity contribution in [2.45, 2.75) is 6.04 Å². The fourth-order valence-corrected chi connectivity index (χ4v) is 3.06. The van der Waals surface area contributed by atoms with Gasteiger partial charge in [-0.15, -0.1) is 0 Å². The molecule has 1 aliphatic heterocycles. The number of hydrogen-bond acceptors (Lipinski definition) is 3. The first-order valence-corrected chi connectivity index (χ1v) is 8.54. The van der Waals surface area contributed by atoms with E-state index in [4.69, 9.17) is 0 Å². The lowest BCUT2D eigenvalue weighted by atomic mass is 10.0. The van der Waals surface area contributed by atoms with Crippen LogP contribution < -0.4 is 10.5 Å². The number of nitrogens with one attached hydrogen (secondary N) is 1. The van der Waals surface area contributed by atoms with Gasteiger partial charge in [0.25, 0.3) is 11.5 Å². The van der Waals surface area contributed by atoms with Crippen molar-refractivity contribution in [3.05, 3.63) is 70.4 Å². The van der Waals surface area contributed by atoms with E-state index in [0.717, 1.165) is 17.7 Å². The van der Waals surface area contributed by atoms with Crippen LogP contribution in [0.1, 0.15) is 16.4 Å². The number of likely N-dealkylation sites (N-methyl/N-ethyl adjacent to an activating group) is 1. The number of benzene rings is 1. The molecule has 7 heteroatoms. The number of carbonyl (C=O) groups is 2. The van der Waals surface area contributed by atoms with Gasteiger partial charge in [0.2, 0.25) is 0 Å². The maximum absolute atomic E-state index is 13.2. The van der Waals surface area contributed by atoms with E-state index in [0.29, 0.717) is 13.1 Å². The summed E-state index contributed by atoms with van der Waals surface area (Å²) in [5, 5.41) is 0. The predicted molar refractivity (Wildman–Crippen MR) is 93.7 cm³/mol. The van der Waals surface area contributed by atoms with Gasteiger partial charge < -0.3 is 9.80 Å². The second-order valence-corrected chi connectivity index (χ2v) is 6.50. The molecule has 0 radical (unpaired) electrons. The molecule has 2 heterocycles. The minimum absolute atomic E-state index is 0.195. The predicted octanol–water partition coefficient (Wildman–Crippen LogP) is -0.232. The highest BCUT2D eigenvalue weighted by Gasteiger charge is 2.35. The zero-order valence-corrected chi connectivity index (χ0v) is 14.5. The number of halogens is 1. The highest BCUT2D eigenvalue weighted by atomic mass is 19.1. The number of rotatable bonds is 4. The van der Waals surface area contributed by atoms with Crippen LogP contribution >= 0.6 is 0 Å². The number of ketones is 1. The topological polar surface area (TPSA) is 63.8 Å². The SMILES string of the molecule is C[NH+]1CCN(C(=O)[C@H](C(=O)c2ccc(F)cc2)n2ccccc2=O)CC1. The van der Waals surface area contributed by atoms with E-state index in [9.17, 15) is 18.8 Å². The van der Waals surface area contributed by atoms with Gasteiger partial charge in [0.15, 0.2) is 11.8 Å². The number of pyridine rings is 1. The normalized spacial score (nSPS) is 16.3. The summed E-state index contributed by atoms with van der Waals surface area (Å²) < 4.78 is 14.3. The van der Waals surface area contributed by atoms with Crippen molar-refractivity contribution in [3.8, 4) is 0 Å². The molecule has 0 spiro atoms. The molecule has 0 unspecified atom stereocenters. The Morgan fingerprint density at radius 3 is 2.35 bits per heavy atom. The van der Waals surface area contributed by atoms with Crippen LogP contribution in [-0.4, -0.2) is 54.4 Å². The van der Waals surface area contributed by atoms with Gasteiger partial charge in [-0.25, -0.2) is 4.39 Å². The van der Waals surface area contributed by atoms with Crippen LogP contribution in [0, 0.1) is 5.82 Å². The molecule has 0 saturated carbocycles. The standard InChI is InChI=1S/C19H20FN3O3/c1-21-10-12-22(13-11-21)19(26)17(23-9-3-2-4-16(23)24)18(25)14-5-7-15(20)8-6-14/h2-9,17H,10-13H2,1H3/p+1/t17-/m0/s1. The van der Waals surface area contributed by atoms with Crippen LogP contribution in [0.15, 0.2) is 53.5 Å². The summed E-state index contributed by atoms with van der Waals surface area (Å²) >= 11 is 0. The number of aromatic nitrogens is 1. The maximum atomic E-state index is 13.2. The van der Waals surface area contributed by atoms with E-state index >= 15 is 0 Å². The lowest BCUT2D eigenvalue weighted by Crippen LogP contribution is -3.12. The third-order valence-corrected chi connectivity index (χ3v) is 4.67.